The Balaban J connectivity index is 2.65. The largest absolute Gasteiger partial charge is 0.756 e. The number of likely N-dealkylation sites (N-methyl/N-ethyl adjacent to an activating group) is 1. The van der Waals surface area contributed by atoms with Crippen LogP contribution in [0.3, 0.4) is 0 Å². The number of quaternary nitrogens is 1. The molecule has 1 aliphatic heterocycles. The lowest BCUT2D eigenvalue weighted by atomic mass is 10.0. The number of carbonyl (C=O) groups is 1. The summed E-state index contributed by atoms with van der Waals surface area (Å²) in [7, 11) is 1.37. The summed E-state index contributed by atoms with van der Waals surface area (Å²) < 4.78 is 29.0. The van der Waals surface area contributed by atoms with Crippen molar-refractivity contribution in [3.05, 3.63) is 24.3 Å². The van der Waals surface area contributed by atoms with Gasteiger partial charge in [0.2, 0.25) is 0 Å². The van der Waals surface area contributed by atoms with Crippen LogP contribution in [0.15, 0.2) is 24.3 Å². The molecule has 37 heavy (non-hydrogen) atoms. The highest BCUT2D eigenvalue weighted by atomic mass is 31.2. The van der Waals surface area contributed by atoms with Gasteiger partial charge in [-0.3, -0.25) is 9.36 Å². The summed E-state index contributed by atoms with van der Waals surface area (Å²) in [4.78, 5) is 25.0. The van der Waals surface area contributed by atoms with Gasteiger partial charge in [-0.25, -0.2) is 0 Å². The number of nitrogens with zero attached hydrogens (tertiary/aromatic N) is 1. The van der Waals surface area contributed by atoms with Crippen LogP contribution in [0.5, 0.6) is 0 Å². The number of cyclic esters (lactones) is 1. The molecular formula is C29H54NO6P. The molecule has 0 aromatic rings. The number of rotatable bonds is 6. The molecule has 0 spiro atoms. The molecule has 3 atom stereocenters. The molecule has 7 nitrogen and oxygen atoms in total. The number of phosphoric acid groups is 1. The second-order valence-electron chi connectivity index (χ2n) is 11.4. The molecule has 0 amide bonds. The Morgan fingerprint density at radius 2 is 1.43 bits per heavy atom. The van der Waals surface area contributed by atoms with Crippen LogP contribution in [0.25, 0.3) is 0 Å². The molecule has 0 aromatic heterocycles. The van der Waals surface area contributed by atoms with E-state index in [1.807, 2.05) is 34.1 Å². The first-order chi connectivity index (χ1) is 17.6. The van der Waals surface area contributed by atoms with Crippen LogP contribution in [0.1, 0.15) is 110 Å². The van der Waals surface area contributed by atoms with E-state index in [1.54, 1.807) is 0 Å². The standard InChI is InChI=1S/C29H54NO6P/c1-27-22-20-18-16-14-12-10-8-6-5-7-9-11-13-15-17-19-21-23-28(26-29(31)35-27)36-37(32,33)34-25-24-30(2,3)4/h10,12,18,20,27-28H,5-9,11,13-17,19,21-26H2,1-4H3/b12-10-,20-18+/t27-,28+/m0/s1. The summed E-state index contributed by atoms with van der Waals surface area (Å²) in [6.45, 7) is 2.43. The zero-order valence-electron chi connectivity index (χ0n) is 24.0. The van der Waals surface area contributed by atoms with Gasteiger partial charge < -0.3 is 23.2 Å². The van der Waals surface area contributed by atoms with Crippen molar-refractivity contribution in [1.29, 1.82) is 0 Å². The zero-order valence-corrected chi connectivity index (χ0v) is 24.9. The van der Waals surface area contributed by atoms with Crippen molar-refractivity contribution in [3.8, 4) is 0 Å². The maximum Gasteiger partial charge on any atom is 0.308 e. The first-order valence-electron chi connectivity index (χ1n) is 14.5. The van der Waals surface area contributed by atoms with Crippen LogP contribution in [0.4, 0.5) is 0 Å². The molecule has 0 N–H and O–H groups in total. The van der Waals surface area contributed by atoms with Gasteiger partial charge in [-0.2, -0.15) is 0 Å². The molecule has 0 saturated heterocycles. The molecule has 0 saturated carbocycles. The van der Waals surface area contributed by atoms with Gasteiger partial charge in [-0.05, 0) is 39.0 Å². The highest BCUT2D eigenvalue weighted by Crippen LogP contribution is 2.41. The summed E-state index contributed by atoms with van der Waals surface area (Å²) in [6.07, 6.45) is 23.7. The molecule has 0 bridgehead atoms. The number of hydrogen-bond donors (Lipinski definition) is 0. The van der Waals surface area contributed by atoms with Crippen molar-refractivity contribution < 1.29 is 32.5 Å². The lowest BCUT2D eigenvalue weighted by Gasteiger charge is -2.30. The van der Waals surface area contributed by atoms with Crippen molar-refractivity contribution in [2.24, 2.45) is 0 Å². The van der Waals surface area contributed by atoms with Crippen LogP contribution in [-0.2, 0) is 23.1 Å². The fraction of sp³-hybridized carbons (Fsp3) is 0.828. The minimum absolute atomic E-state index is 0.0423. The Labute approximate surface area is 226 Å². The first-order valence-corrected chi connectivity index (χ1v) is 16.0. The van der Waals surface area contributed by atoms with E-state index in [0.29, 0.717) is 23.9 Å². The van der Waals surface area contributed by atoms with Crippen molar-refractivity contribution in [3.63, 3.8) is 0 Å². The average Bonchev–Trinajstić information content (AvgIpc) is 2.78. The third-order valence-electron chi connectivity index (χ3n) is 6.46. The Morgan fingerprint density at radius 1 is 0.892 bits per heavy atom. The van der Waals surface area contributed by atoms with E-state index in [1.165, 1.54) is 51.4 Å². The van der Waals surface area contributed by atoms with E-state index >= 15 is 0 Å². The summed E-state index contributed by atoms with van der Waals surface area (Å²) >= 11 is 0. The summed E-state index contributed by atoms with van der Waals surface area (Å²) in [5.41, 5.74) is 0. The van der Waals surface area contributed by atoms with Gasteiger partial charge in [-0.15, -0.1) is 0 Å². The summed E-state index contributed by atoms with van der Waals surface area (Å²) in [5, 5.41) is 0. The molecule has 1 heterocycles. The highest BCUT2D eigenvalue weighted by molar-refractivity contribution is 7.45. The van der Waals surface area contributed by atoms with Crippen molar-refractivity contribution >= 4 is 13.8 Å². The molecular weight excluding hydrogens is 489 g/mol. The van der Waals surface area contributed by atoms with E-state index in [-0.39, 0.29) is 19.1 Å². The Bertz CT molecular complexity index is 703. The minimum Gasteiger partial charge on any atom is -0.756 e. The number of hydrogen-bond acceptors (Lipinski definition) is 6. The van der Waals surface area contributed by atoms with Crippen molar-refractivity contribution in [2.45, 2.75) is 122 Å². The fourth-order valence-electron chi connectivity index (χ4n) is 4.22. The quantitative estimate of drug-likeness (QED) is 0.157. The lowest BCUT2D eigenvalue weighted by molar-refractivity contribution is -0.870. The third-order valence-corrected chi connectivity index (χ3v) is 7.52. The molecule has 216 valence electrons. The van der Waals surface area contributed by atoms with E-state index < -0.39 is 19.9 Å². The first kappa shape index (κ1) is 34.0. The van der Waals surface area contributed by atoms with Gasteiger partial charge >= 0.3 is 5.97 Å². The number of allylic oxidation sites excluding steroid dienone is 3. The predicted octanol–water partition coefficient (Wildman–Crippen LogP) is 6.86. The second kappa shape index (κ2) is 20.0. The van der Waals surface area contributed by atoms with E-state index in [4.69, 9.17) is 13.8 Å². The second-order valence-corrected chi connectivity index (χ2v) is 12.8. The van der Waals surface area contributed by atoms with Gasteiger partial charge in [0.25, 0.3) is 7.82 Å². The normalized spacial score (nSPS) is 26.8. The smallest absolute Gasteiger partial charge is 0.308 e. The van der Waals surface area contributed by atoms with Crippen molar-refractivity contribution in [1.82, 2.24) is 0 Å². The third kappa shape index (κ3) is 21.6. The lowest BCUT2D eigenvalue weighted by Crippen LogP contribution is -2.37. The van der Waals surface area contributed by atoms with Gasteiger partial charge in [0, 0.05) is 6.42 Å². The zero-order chi connectivity index (χ0) is 27.4. The van der Waals surface area contributed by atoms with Gasteiger partial charge in [0.1, 0.15) is 19.3 Å². The average molecular weight is 544 g/mol. The highest BCUT2D eigenvalue weighted by Gasteiger charge is 2.23. The molecule has 0 fully saturated rings. The monoisotopic (exact) mass is 543 g/mol. The SMILES string of the molecule is C[C@H]1C/C=C/CC/C=C\CCCCCCCCCCCC[C@@H](OP(=O)([O-])OCC[N+](C)(C)C)CC(=O)O1. The molecule has 0 aromatic carbocycles. The van der Waals surface area contributed by atoms with Gasteiger partial charge in [0.05, 0.1) is 33.7 Å². The molecule has 0 radical (unpaired) electrons. The predicted molar refractivity (Wildman–Crippen MR) is 149 cm³/mol. The molecule has 1 aliphatic rings. The Hall–Kier alpha value is -0.980. The van der Waals surface area contributed by atoms with Crippen LogP contribution in [0.2, 0.25) is 0 Å². The van der Waals surface area contributed by atoms with Crippen LogP contribution >= 0.6 is 7.82 Å². The molecule has 1 unspecified atom stereocenters. The van der Waals surface area contributed by atoms with E-state index in [2.05, 4.69) is 18.2 Å². The fourth-order valence-corrected chi connectivity index (χ4v) is 5.13. The Morgan fingerprint density at radius 3 is 2.05 bits per heavy atom. The summed E-state index contributed by atoms with van der Waals surface area (Å²) in [6, 6.07) is 0. The van der Waals surface area contributed by atoms with Gasteiger partial charge in [0.15, 0.2) is 0 Å². The number of carbonyl (C=O) groups excluding carboxylic acids is 1. The number of phosphoric ester groups is 1. The van der Waals surface area contributed by atoms with Gasteiger partial charge in [-0.1, -0.05) is 82.1 Å². The summed E-state index contributed by atoms with van der Waals surface area (Å²) in [5.74, 6) is -0.436. The van der Waals surface area contributed by atoms with Crippen LogP contribution in [0, 0.1) is 0 Å². The number of esters is 1. The van der Waals surface area contributed by atoms with Crippen LogP contribution < -0.4 is 4.89 Å². The van der Waals surface area contributed by atoms with E-state index in [0.717, 1.165) is 32.1 Å². The molecule has 8 heteroatoms. The van der Waals surface area contributed by atoms with Crippen LogP contribution in [-0.4, -0.2) is 57.0 Å². The maximum absolute atomic E-state index is 12.6. The minimum atomic E-state index is -4.51. The maximum atomic E-state index is 12.6. The van der Waals surface area contributed by atoms with E-state index in [9.17, 15) is 14.3 Å². The molecule has 1 rings (SSSR count). The molecule has 0 aliphatic carbocycles. The van der Waals surface area contributed by atoms with Crippen molar-refractivity contribution in [2.75, 3.05) is 34.3 Å². The Kier molecular flexibility index (Phi) is 18.4. The topological polar surface area (TPSA) is 84.9 Å². The number of ether oxygens (including phenoxy) is 1.